The molecule has 0 N–H and O–H groups in total. The summed E-state index contributed by atoms with van der Waals surface area (Å²) >= 11 is 1.58. The topological polar surface area (TPSA) is 42.4 Å². The van der Waals surface area contributed by atoms with Gasteiger partial charge in [0, 0.05) is 17.3 Å². The summed E-state index contributed by atoms with van der Waals surface area (Å²) in [5.41, 5.74) is 2.05. The molecule has 0 saturated heterocycles. The predicted molar refractivity (Wildman–Crippen MR) is 103 cm³/mol. The van der Waals surface area contributed by atoms with Crippen LogP contribution in [0, 0.1) is 12.8 Å². The molecular weight excluding hydrogens is 332 g/mol. The molecule has 0 aliphatic rings. The van der Waals surface area contributed by atoms with Crippen LogP contribution < -0.4 is 4.74 Å². The highest BCUT2D eigenvalue weighted by Crippen LogP contribution is 2.20. The zero-order valence-corrected chi connectivity index (χ0v) is 16.6. The minimum absolute atomic E-state index is 0.00325. The summed E-state index contributed by atoms with van der Waals surface area (Å²) in [4.78, 5) is 19.1. The van der Waals surface area contributed by atoms with E-state index in [1.807, 2.05) is 55.3 Å². The van der Waals surface area contributed by atoms with Crippen LogP contribution in [-0.4, -0.2) is 21.8 Å². The summed E-state index contributed by atoms with van der Waals surface area (Å²) in [5.74, 6) is 1.06. The molecule has 5 heteroatoms. The number of hydrogen-bond donors (Lipinski definition) is 0. The largest absolute Gasteiger partial charge is 0.486 e. The molecule has 1 aromatic heterocycles. The number of aryl methyl sites for hydroxylation is 1. The Hall–Kier alpha value is -1.88. The van der Waals surface area contributed by atoms with Crippen LogP contribution in [0.5, 0.6) is 5.75 Å². The number of rotatable bonds is 8. The van der Waals surface area contributed by atoms with Crippen molar-refractivity contribution in [2.45, 2.75) is 60.2 Å². The minimum Gasteiger partial charge on any atom is -0.486 e. The highest BCUT2D eigenvalue weighted by atomic mass is 32.1. The first-order valence-corrected chi connectivity index (χ1v) is 9.72. The van der Waals surface area contributed by atoms with Gasteiger partial charge in [0.05, 0.1) is 12.2 Å². The molecule has 25 heavy (non-hydrogen) atoms. The fourth-order valence-corrected chi connectivity index (χ4v) is 3.22. The number of ether oxygens (including phenoxy) is 1. The van der Waals surface area contributed by atoms with Crippen LogP contribution in [-0.2, 0) is 17.9 Å². The number of nitrogens with zero attached hydrogens (tertiary/aromatic N) is 2. The number of thiazole rings is 1. The minimum atomic E-state index is -0.00325. The van der Waals surface area contributed by atoms with Gasteiger partial charge in [0.2, 0.25) is 5.91 Å². The molecule has 1 atom stereocenters. The van der Waals surface area contributed by atoms with Gasteiger partial charge in [-0.1, -0.05) is 39.0 Å². The number of amides is 1. The second-order valence-corrected chi connectivity index (χ2v) is 7.61. The molecule has 1 amide bonds. The maximum atomic E-state index is 12.5. The number of carbonyl (C=O) groups excluding carboxylic acids is 1. The van der Waals surface area contributed by atoms with Crippen LogP contribution in [0.15, 0.2) is 29.6 Å². The Labute approximate surface area is 154 Å². The Morgan fingerprint density at radius 1 is 1.28 bits per heavy atom. The van der Waals surface area contributed by atoms with Crippen molar-refractivity contribution >= 4 is 17.2 Å². The Bertz CT molecular complexity index is 697. The van der Waals surface area contributed by atoms with Crippen LogP contribution in [0.4, 0.5) is 0 Å². The van der Waals surface area contributed by atoms with Gasteiger partial charge in [-0.25, -0.2) is 4.98 Å². The Morgan fingerprint density at radius 3 is 2.64 bits per heavy atom. The summed E-state index contributed by atoms with van der Waals surface area (Å²) in [6, 6.07) is 8.18. The van der Waals surface area contributed by atoms with Gasteiger partial charge in [-0.15, -0.1) is 11.3 Å². The zero-order chi connectivity index (χ0) is 18.4. The summed E-state index contributed by atoms with van der Waals surface area (Å²) in [6.45, 7) is 11.1. The van der Waals surface area contributed by atoms with Crippen LogP contribution in [0.25, 0.3) is 0 Å². The molecule has 0 aliphatic heterocycles. The van der Waals surface area contributed by atoms with Crippen molar-refractivity contribution in [1.82, 2.24) is 9.88 Å². The fraction of sp³-hybridized carbons (Fsp3) is 0.500. The first-order chi connectivity index (χ1) is 11.9. The van der Waals surface area contributed by atoms with Crippen LogP contribution in [0.2, 0.25) is 0 Å². The van der Waals surface area contributed by atoms with E-state index in [2.05, 4.69) is 18.8 Å². The molecule has 0 saturated carbocycles. The zero-order valence-electron chi connectivity index (χ0n) is 15.8. The van der Waals surface area contributed by atoms with Gasteiger partial charge >= 0.3 is 0 Å². The molecule has 0 bridgehead atoms. The van der Waals surface area contributed by atoms with Crippen LogP contribution >= 0.6 is 11.3 Å². The van der Waals surface area contributed by atoms with Crippen LogP contribution in [0.3, 0.4) is 0 Å². The highest BCUT2D eigenvalue weighted by Gasteiger charge is 2.22. The van der Waals surface area contributed by atoms with E-state index in [1.165, 1.54) is 0 Å². The standard InChI is InChI=1S/C20H28N2O2S/c1-6-16(5)22(20(23)14(2)3)11-17-13-25-19(21-17)12-24-18-10-8-7-9-15(18)4/h7-10,13-14,16H,6,11-12H2,1-5H3/t16-/m0/s1. The molecule has 0 fully saturated rings. The van der Waals surface area contributed by atoms with Gasteiger partial charge in [0.1, 0.15) is 17.4 Å². The van der Waals surface area contributed by atoms with Gasteiger partial charge in [0.25, 0.3) is 0 Å². The molecule has 1 aromatic carbocycles. The molecular formula is C20H28N2O2S. The molecule has 136 valence electrons. The number of aromatic nitrogens is 1. The van der Waals surface area contributed by atoms with E-state index in [-0.39, 0.29) is 17.9 Å². The lowest BCUT2D eigenvalue weighted by Crippen LogP contribution is -2.40. The summed E-state index contributed by atoms with van der Waals surface area (Å²) in [7, 11) is 0. The third-order valence-electron chi connectivity index (χ3n) is 4.28. The van der Waals surface area contributed by atoms with E-state index >= 15 is 0 Å². The first kappa shape index (κ1) is 19.4. The van der Waals surface area contributed by atoms with Gasteiger partial charge < -0.3 is 9.64 Å². The predicted octanol–water partition coefficient (Wildman–Crippen LogP) is 4.81. The highest BCUT2D eigenvalue weighted by molar-refractivity contribution is 7.09. The van der Waals surface area contributed by atoms with E-state index in [0.29, 0.717) is 13.2 Å². The number of benzene rings is 1. The molecule has 2 aromatic rings. The average molecular weight is 361 g/mol. The molecule has 2 rings (SSSR count). The van der Waals surface area contributed by atoms with Crippen LogP contribution in [0.1, 0.15) is 50.4 Å². The van der Waals surface area contributed by atoms with E-state index in [9.17, 15) is 4.79 Å². The van der Waals surface area contributed by atoms with Gasteiger partial charge in [-0.05, 0) is 31.9 Å². The average Bonchev–Trinajstić information content (AvgIpc) is 3.05. The quantitative estimate of drug-likeness (QED) is 0.678. The lowest BCUT2D eigenvalue weighted by molar-refractivity contribution is -0.137. The second kappa shape index (κ2) is 8.99. The smallest absolute Gasteiger partial charge is 0.225 e. The van der Waals surface area contributed by atoms with Crippen molar-refractivity contribution in [1.29, 1.82) is 0 Å². The number of para-hydroxylation sites is 1. The Kier molecular flexibility index (Phi) is 7.00. The molecule has 0 unspecified atom stereocenters. The third kappa shape index (κ3) is 5.30. The molecule has 0 aliphatic carbocycles. The van der Waals surface area contributed by atoms with Gasteiger partial charge in [-0.3, -0.25) is 4.79 Å². The van der Waals surface area contributed by atoms with Crippen molar-refractivity contribution in [3.8, 4) is 5.75 Å². The SMILES string of the molecule is CC[C@H](C)N(Cc1csc(COc2ccccc2C)n1)C(=O)C(C)C. The van der Waals surface area contributed by atoms with E-state index in [4.69, 9.17) is 4.74 Å². The van der Waals surface area contributed by atoms with E-state index in [0.717, 1.165) is 28.4 Å². The lowest BCUT2D eigenvalue weighted by atomic mass is 10.1. The molecule has 0 radical (unpaired) electrons. The number of carbonyl (C=O) groups is 1. The van der Waals surface area contributed by atoms with Gasteiger partial charge in [-0.2, -0.15) is 0 Å². The monoisotopic (exact) mass is 360 g/mol. The second-order valence-electron chi connectivity index (χ2n) is 6.66. The van der Waals surface area contributed by atoms with Crippen molar-refractivity contribution in [2.24, 2.45) is 5.92 Å². The van der Waals surface area contributed by atoms with Crippen molar-refractivity contribution in [3.05, 3.63) is 45.9 Å². The first-order valence-electron chi connectivity index (χ1n) is 8.84. The normalized spacial score (nSPS) is 12.2. The van der Waals surface area contributed by atoms with Crippen molar-refractivity contribution in [2.75, 3.05) is 0 Å². The summed E-state index contributed by atoms with van der Waals surface area (Å²) in [6.07, 6.45) is 0.936. The third-order valence-corrected chi connectivity index (χ3v) is 5.15. The lowest BCUT2D eigenvalue weighted by Gasteiger charge is -2.29. The maximum absolute atomic E-state index is 12.5. The summed E-state index contributed by atoms with van der Waals surface area (Å²) in [5, 5.41) is 2.96. The van der Waals surface area contributed by atoms with E-state index in [1.54, 1.807) is 11.3 Å². The summed E-state index contributed by atoms with van der Waals surface area (Å²) < 4.78 is 5.86. The Balaban J connectivity index is 2.01. The van der Waals surface area contributed by atoms with Crippen molar-refractivity contribution < 1.29 is 9.53 Å². The van der Waals surface area contributed by atoms with Gasteiger partial charge in [0.15, 0.2) is 0 Å². The fourth-order valence-electron chi connectivity index (χ4n) is 2.52. The number of hydrogen-bond acceptors (Lipinski definition) is 4. The van der Waals surface area contributed by atoms with Crippen molar-refractivity contribution in [3.63, 3.8) is 0 Å². The molecule has 0 spiro atoms. The van der Waals surface area contributed by atoms with E-state index < -0.39 is 0 Å². The maximum Gasteiger partial charge on any atom is 0.225 e. The Morgan fingerprint density at radius 2 is 2.00 bits per heavy atom. The molecule has 1 heterocycles. The molecule has 4 nitrogen and oxygen atoms in total.